The highest BCUT2D eigenvalue weighted by Gasteiger charge is 2.19. The van der Waals surface area contributed by atoms with Crippen LogP contribution in [0.4, 0.5) is 5.13 Å². The molecular formula is C8H13N3OS2. The maximum Gasteiger partial charge on any atom is 0.205 e. The van der Waals surface area contributed by atoms with Crippen molar-refractivity contribution in [3.63, 3.8) is 0 Å². The van der Waals surface area contributed by atoms with Gasteiger partial charge in [-0.1, -0.05) is 11.3 Å². The van der Waals surface area contributed by atoms with Crippen LogP contribution in [-0.2, 0) is 10.5 Å². The van der Waals surface area contributed by atoms with E-state index < -0.39 is 0 Å². The van der Waals surface area contributed by atoms with Crippen LogP contribution in [0, 0.1) is 0 Å². The maximum atomic E-state index is 5.10. The molecule has 0 aromatic carbocycles. The van der Waals surface area contributed by atoms with E-state index in [9.17, 15) is 0 Å². The Balaban J connectivity index is 1.77. The van der Waals surface area contributed by atoms with Gasteiger partial charge in [-0.2, -0.15) is 0 Å². The molecular weight excluding hydrogens is 218 g/mol. The smallest absolute Gasteiger partial charge is 0.205 e. The molecule has 0 unspecified atom stereocenters. The fraction of sp³-hybridized carbons (Fsp3) is 0.750. The van der Waals surface area contributed by atoms with Gasteiger partial charge in [0.05, 0.1) is 18.5 Å². The van der Waals surface area contributed by atoms with E-state index in [0.29, 0.717) is 5.25 Å². The Hall–Kier alpha value is -0.330. The lowest BCUT2D eigenvalue weighted by Crippen LogP contribution is -2.30. The van der Waals surface area contributed by atoms with Gasteiger partial charge >= 0.3 is 0 Å². The number of thioether (sulfide) groups is 1. The minimum Gasteiger partial charge on any atom is -0.379 e. The van der Waals surface area contributed by atoms with Gasteiger partial charge in [0.1, 0.15) is 5.01 Å². The lowest BCUT2D eigenvalue weighted by atomic mass is 10.4. The molecule has 0 bridgehead atoms. The number of ether oxygens (including phenoxy) is 1. The minimum absolute atomic E-state index is 0.668. The summed E-state index contributed by atoms with van der Waals surface area (Å²) in [5.41, 5.74) is 0. The summed E-state index contributed by atoms with van der Waals surface area (Å²) < 4.78 is 5.10. The standard InChI is InChI=1S/C8H13N3OS2/c1-2-9-8-11-10-7(14-8)5-13-6-3-12-4-6/h6H,2-5H2,1H3,(H,9,11). The molecule has 2 heterocycles. The van der Waals surface area contributed by atoms with E-state index in [1.54, 1.807) is 11.3 Å². The van der Waals surface area contributed by atoms with Crippen LogP contribution in [0.3, 0.4) is 0 Å². The van der Waals surface area contributed by atoms with Crippen molar-refractivity contribution < 1.29 is 4.74 Å². The zero-order valence-corrected chi connectivity index (χ0v) is 9.66. The molecule has 1 fully saturated rings. The molecule has 14 heavy (non-hydrogen) atoms. The SMILES string of the molecule is CCNc1nnc(CSC2COC2)s1. The number of aromatic nitrogens is 2. The minimum atomic E-state index is 0.668. The molecule has 1 aromatic heterocycles. The highest BCUT2D eigenvalue weighted by atomic mass is 32.2. The van der Waals surface area contributed by atoms with Crippen molar-refractivity contribution in [2.75, 3.05) is 25.1 Å². The van der Waals surface area contributed by atoms with Crippen LogP contribution in [-0.4, -0.2) is 35.2 Å². The van der Waals surface area contributed by atoms with Gasteiger partial charge in [-0.15, -0.1) is 22.0 Å². The number of anilines is 1. The topological polar surface area (TPSA) is 47.0 Å². The van der Waals surface area contributed by atoms with Crippen LogP contribution in [0.1, 0.15) is 11.9 Å². The fourth-order valence-electron chi connectivity index (χ4n) is 1.03. The summed E-state index contributed by atoms with van der Waals surface area (Å²) in [6.07, 6.45) is 0. The number of rotatable bonds is 5. The van der Waals surface area contributed by atoms with E-state index in [2.05, 4.69) is 22.4 Å². The van der Waals surface area contributed by atoms with Crippen LogP contribution in [0.25, 0.3) is 0 Å². The monoisotopic (exact) mass is 231 g/mol. The third kappa shape index (κ3) is 2.59. The lowest BCUT2D eigenvalue weighted by Gasteiger charge is -2.24. The van der Waals surface area contributed by atoms with Crippen LogP contribution < -0.4 is 5.32 Å². The molecule has 0 aliphatic carbocycles. The highest BCUT2D eigenvalue weighted by Crippen LogP contribution is 2.25. The zero-order valence-electron chi connectivity index (χ0n) is 8.02. The third-order valence-electron chi connectivity index (χ3n) is 1.84. The maximum absolute atomic E-state index is 5.10. The third-order valence-corrected chi connectivity index (χ3v) is 4.09. The van der Waals surface area contributed by atoms with Crippen LogP contribution in [0.2, 0.25) is 0 Å². The molecule has 6 heteroatoms. The van der Waals surface area contributed by atoms with Crippen molar-refractivity contribution in [2.45, 2.75) is 17.9 Å². The van der Waals surface area contributed by atoms with Crippen molar-refractivity contribution >= 4 is 28.2 Å². The molecule has 0 radical (unpaired) electrons. The largest absolute Gasteiger partial charge is 0.379 e. The number of nitrogens with one attached hydrogen (secondary N) is 1. The first kappa shape index (κ1) is 10.2. The molecule has 0 spiro atoms. The Kier molecular flexibility index (Phi) is 3.61. The first-order valence-electron chi connectivity index (χ1n) is 4.64. The Morgan fingerprint density at radius 2 is 2.43 bits per heavy atom. The zero-order chi connectivity index (χ0) is 9.80. The van der Waals surface area contributed by atoms with Crippen molar-refractivity contribution in [3.05, 3.63) is 5.01 Å². The normalized spacial score (nSPS) is 16.6. The molecule has 1 aliphatic heterocycles. The second-order valence-electron chi connectivity index (χ2n) is 3.00. The summed E-state index contributed by atoms with van der Waals surface area (Å²) >= 11 is 3.54. The summed E-state index contributed by atoms with van der Waals surface area (Å²) in [5.74, 6) is 0.955. The van der Waals surface area contributed by atoms with Gasteiger partial charge in [0.15, 0.2) is 0 Å². The average Bonchev–Trinajstić information content (AvgIpc) is 2.51. The van der Waals surface area contributed by atoms with Crippen molar-refractivity contribution in [2.24, 2.45) is 0 Å². The van der Waals surface area contributed by atoms with Crippen molar-refractivity contribution in [3.8, 4) is 0 Å². The molecule has 2 rings (SSSR count). The van der Waals surface area contributed by atoms with E-state index in [1.165, 1.54) is 0 Å². The van der Waals surface area contributed by atoms with Gasteiger partial charge in [-0.3, -0.25) is 0 Å². The van der Waals surface area contributed by atoms with Crippen molar-refractivity contribution in [1.82, 2.24) is 10.2 Å². The molecule has 0 atom stereocenters. The lowest BCUT2D eigenvalue weighted by molar-refractivity contribution is 0.0455. The molecule has 1 N–H and O–H groups in total. The predicted octanol–water partition coefficient (Wildman–Crippen LogP) is 1.60. The van der Waals surface area contributed by atoms with E-state index in [-0.39, 0.29) is 0 Å². The molecule has 78 valence electrons. The van der Waals surface area contributed by atoms with Crippen LogP contribution >= 0.6 is 23.1 Å². The predicted molar refractivity (Wildman–Crippen MR) is 60.0 cm³/mol. The Labute approximate surface area is 91.4 Å². The summed E-state index contributed by atoms with van der Waals surface area (Å²) in [6, 6.07) is 0. The molecule has 4 nitrogen and oxygen atoms in total. The number of hydrogen-bond acceptors (Lipinski definition) is 6. The quantitative estimate of drug-likeness (QED) is 0.834. The van der Waals surface area contributed by atoms with Gasteiger partial charge in [0.2, 0.25) is 5.13 Å². The van der Waals surface area contributed by atoms with Crippen LogP contribution in [0.5, 0.6) is 0 Å². The molecule has 1 saturated heterocycles. The first-order chi connectivity index (χ1) is 6.88. The summed E-state index contributed by atoms with van der Waals surface area (Å²) in [7, 11) is 0. The highest BCUT2D eigenvalue weighted by molar-refractivity contribution is 7.99. The Bertz CT molecular complexity index is 288. The summed E-state index contributed by atoms with van der Waals surface area (Å²) in [4.78, 5) is 0. The van der Waals surface area contributed by atoms with Crippen molar-refractivity contribution in [1.29, 1.82) is 0 Å². The van der Waals surface area contributed by atoms with Gasteiger partial charge in [0.25, 0.3) is 0 Å². The van der Waals surface area contributed by atoms with E-state index in [1.807, 2.05) is 11.8 Å². The van der Waals surface area contributed by atoms with Gasteiger partial charge in [-0.05, 0) is 6.92 Å². The second kappa shape index (κ2) is 4.95. The second-order valence-corrected chi connectivity index (χ2v) is 5.35. The van der Waals surface area contributed by atoms with E-state index >= 15 is 0 Å². The first-order valence-corrected chi connectivity index (χ1v) is 6.50. The van der Waals surface area contributed by atoms with E-state index in [4.69, 9.17) is 4.74 Å². The molecule has 1 aromatic rings. The molecule has 0 saturated carbocycles. The van der Waals surface area contributed by atoms with Gasteiger partial charge in [0, 0.05) is 12.3 Å². The fourth-order valence-corrected chi connectivity index (χ4v) is 2.90. The van der Waals surface area contributed by atoms with E-state index in [0.717, 1.165) is 35.7 Å². The number of hydrogen-bond donors (Lipinski definition) is 1. The number of nitrogens with zero attached hydrogens (tertiary/aromatic N) is 2. The summed E-state index contributed by atoms with van der Waals surface area (Å²) in [6.45, 7) is 4.74. The molecule has 0 amide bonds. The average molecular weight is 231 g/mol. The van der Waals surface area contributed by atoms with Gasteiger partial charge < -0.3 is 10.1 Å². The van der Waals surface area contributed by atoms with Crippen LogP contribution in [0.15, 0.2) is 0 Å². The molecule has 1 aliphatic rings. The Morgan fingerprint density at radius 1 is 1.57 bits per heavy atom. The Morgan fingerprint density at radius 3 is 3.07 bits per heavy atom. The summed E-state index contributed by atoms with van der Waals surface area (Å²) in [5, 5.41) is 14.0. The van der Waals surface area contributed by atoms with Gasteiger partial charge in [-0.25, -0.2) is 0 Å².